The van der Waals surface area contributed by atoms with Gasteiger partial charge in [0.1, 0.15) is 5.52 Å². The zero-order chi connectivity index (χ0) is 16.4. The van der Waals surface area contributed by atoms with Crippen LogP contribution in [0.25, 0.3) is 11.1 Å². The first-order chi connectivity index (χ1) is 11.0. The van der Waals surface area contributed by atoms with Crippen molar-refractivity contribution in [3.8, 4) is 0 Å². The van der Waals surface area contributed by atoms with E-state index >= 15 is 0 Å². The van der Waals surface area contributed by atoms with Gasteiger partial charge in [-0.15, -0.1) is 0 Å². The van der Waals surface area contributed by atoms with Crippen molar-refractivity contribution in [3.63, 3.8) is 0 Å². The molecule has 1 saturated heterocycles. The quantitative estimate of drug-likeness (QED) is 0.817. The fourth-order valence-electron chi connectivity index (χ4n) is 2.93. The van der Waals surface area contributed by atoms with Gasteiger partial charge >= 0.3 is 0 Å². The van der Waals surface area contributed by atoms with Crippen molar-refractivity contribution in [1.29, 1.82) is 0 Å². The van der Waals surface area contributed by atoms with Crippen LogP contribution in [-0.2, 0) is 10.0 Å². The maximum absolute atomic E-state index is 12.2. The third-order valence-electron chi connectivity index (χ3n) is 4.32. The lowest BCUT2D eigenvalue weighted by Crippen LogP contribution is -2.39. The summed E-state index contributed by atoms with van der Waals surface area (Å²) < 4.78 is 31.9. The van der Waals surface area contributed by atoms with Crippen LogP contribution in [-0.4, -0.2) is 36.5 Å². The fraction of sp³-hybridized carbons (Fsp3) is 0.562. The molecule has 5 nitrogen and oxygen atoms in total. The van der Waals surface area contributed by atoms with Gasteiger partial charge in [-0.3, -0.25) is 0 Å². The number of piperidine rings is 1. The largest absolute Gasteiger partial charge is 0.440 e. The highest BCUT2D eigenvalue weighted by Gasteiger charge is 2.30. The Bertz CT molecular complexity index is 780. The van der Waals surface area contributed by atoms with Gasteiger partial charge in [0.15, 0.2) is 11.5 Å². The minimum absolute atomic E-state index is 0.166. The van der Waals surface area contributed by atoms with Crippen LogP contribution in [0.3, 0.4) is 0 Å². The predicted octanol–water partition coefficient (Wildman–Crippen LogP) is 3.79. The van der Waals surface area contributed by atoms with Crippen LogP contribution in [0.1, 0.15) is 44.4 Å². The van der Waals surface area contributed by atoms with Gasteiger partial charge in [-0.25, -0.2) is 17.7 Å². The van der Waals surface area contributed by atoms with Gasteiger partial charge < -0.3 is 4.42 Å². The van der Waals surface area contributed by atoms with Gasteiger partial charge in [-0.1, -0.05) is 24.9 Å². The molecule has 1 aliphatic rings. The Kier molecular flexibility index (Phi) is 4.94. The van der Waals surface area contributed by atoms with Crippen molar-refractivity contribution < 1.29 is 12.8 Å². The Morgan fingerprint density at radius 1 is 1.35 bits per heavy atom. The van der Waals surface area contributed by atoms with E-state index in [-0.39, 0.29) is 11.7 Å². The zero-order valence-corrected chi connectivity index (χ0v) is 14.7. The number of rotatable bonds is 5. The summed E-state index contributed by atoms with van der Waals surface area (Å²) in [6.45, 7) is 3.08. The van der Waals surface area contributed by atoms with Crippen LogP contribution in [0.15, 0.2) is 22.6 Å². The number of fused-ring (bicyclic) bond motifs is 1. The number of aromatic nitrogens is 1. The molecule has 0 N–H and O–H groups in total. The maximum Gasteiger partial charge on any atom is 0.214 e. The summed E-state index contributed by atoms with van der Waals surface area (Å²) in [5.41, 5.74) is 1.48. The standard InChI is InChI=1S/C16H21ClN2O3S/c1-2-3-10-23(20,21)19-8-6-12(7-9-19)16-18-14-11-13(17)4-5-15(14)22-16/h4-5,11-12H,2-3,6-10H2,1H3. The molecule has 0 atom stereocenters. The zero-order valence-electron chi connectivity index (χ0n) is 13.2. The van der Waals surface area contributed by atoms with Gasteiger partial charge in [0.05, 0.1) is 5.75 Å². The van der Waals surface area contributed by atoms with Crippen LogP contribution in [0.5, 0.6) is 0 Å². The van der Waals surface area contributed by atoms with Crippen molar-refractivity contribution in [2.24, 2.45) is 0 Å². The summed E-state index contributed by atoms with van der Waals surface area (Å²) in [6.07, 6.45) is 3.09. The minimum atomic E-state index is -3.12. The molecule has 1 fully saturated rings. The lowest BCUT2D eigenvalue weighted by Gasteiger charge is -2.29. The van der Waals surface area contributed by atoms with Crippen LogP contribution < -0.4 is 0 Å². The Morgan fingerprint density at radius 2 is 2.09 bits per heavy atom. The minimum Gasteiger partial charge on any atom is -0.440 e. The molecule has 3 rings (SSSR count). The Hall–Kier alpha value is -1.11. The van der Waals surface area contributed by atoms with E-state index in [4.69, 9.17) is 16.0 Å². The van der Waals surface area contributed by atoms with E-state index in [0.29, 0.717) is 30.4 Å². The molecule has 2 aromatic rings. The lowest BCUT2D eigenvalue weighted by atomic mass is 9.98. The van der Waals surface area contributed by atoms with Crippen LogP contribution in [0.2, 0.25) is 5.02 Å². The Balaban J connectivity index is 1.68. The third kappa shape index (κ3) is 3.70. The molecule has 0 aliphatic carbocycles. The number of benzene rings is 1. The normalized spacial score (nSPS) is 17.8. The van der Waals surface area contributed by atoms with Gasteiger partial charge in [0.25, 0.3) is 0 Å². The van der Waals surface area contributed by atoms with Crippen molar-refractivity contribution in [2.45, 2.75) is 38.5 Å². The van der Waals surface area contributed by atoms with Crippen molar-refractivity contribution >= 4 is 32.7 Å². The number of unbranched alkanes of at least 4 members (excludes halogenated alkanes) is 1. The second-order valence-corrected chi connectivity index (χ2v) is 8.53. The first-order valence-electron chi connectivity index (χ1n) is 8.03. The Labute approximate surface area is 141 Å². The van der Waals surface area contributed by atoms with Gasteiger partial charge in [-0.2, -0.15) is 0 Å². The molecule has 0 radical (unpaired) electrons. The van der Waals surface area contributed by atoms with Crippen LogP contribution >= 0.6 is 11.6 Å². The molecular formula is C16H21ClN2O3S. The molecule has 1 aromatic carbocycles. The summed E-state index contributed by atoms with van der Waals surface area (Å²) in [7, 11) is -3.12. The van der Waals surface area contributed by atoms with Crippen LogP contribution in [0.4, 0.5) is 0 Å². The number of nitrogens with zero attached hydrogens (tertiary/aromatic N) is 2. The summed E-state index contributed by atoms with van der Waals surface area (Å²) in [5, 5.41) is 0.634. The molecule has 23 heavy (non-hydrogen) atoms. The van der Waals surface area contributed by atoms with E-state index in [1.807, 2.05) is 13.0 Å². The summed E-state index contributed by atoms with van der Waals surface area (Å²) in [4.78, 5) is 4.51. The molecule has 0 amide bonds. The molecule has 1 aromatic heterocycles. The number of halogens is 1. The molecule has 0 saturated carbocycles. The number of hydrogen-bond donors (Lipinski definition) is 0. The highest BCUT2D eigenvalue weighted by Crippen LogP contribution is 2.31. The maximum atomic E-state index is 12.2. The first-order valence-corrected chi connectivity index (χ1v) is 10.0. The number of sulfonamides is 1. The number of oxazole rings is 1. The topological polar surface area (TPSA) is 63.4 Å². The lowest BCUT2D eigenvalue weighted by molar-refractivity contribution is 0.293. The van der Waals surface area contributed by atoms with E-state index in [0.717, 1.165) is 30.4 Å². The SMILES string of the molecule is CCCCS(=O)(=O)N1CCC(c2nc3cc(Cl)ccc3o2)CC1. The smallest absolute Gasteiger partial charge is 0.214 e. The molecule has 0 unspecified atom stereocenters. The van der Waals surface area contributed by atoms with Gasteiger partial charge in [0, 0.05) is 24.0 Å². The molecule has 2 heterocycles. The van der Waals surface area contributed by atoms with E-state index in [1.165, 1.54) is 0 Å². The van der Waals surface area contributed by atoms with E-state index in [9.17, 15) is 8.42 Å². The van der Waals surface area contributed by atoms with E-state index in [2.05, 4.69) is 4.98 Å². The van der Waals surface area contributed by atoms with Gasteiger partial charge in [0.2, 0.25) is 10.0 Å². The van der Waals surface area contributed by atoms with E-state index in [1.54, 1.807) is 16.4 Å². The average Bonchev–Trinajstić information content (AvgIpc) is 2.96. The predicted molar refractivity (Wildman–Crippen MR) is 91.3 cm³/mol. The second kappa shape index (κ2) is 6.79. The van der Waals surface area contributed by atoms with Crippen molar-refractivity contribution in [1.82, 2.24) is 9.29 Å². The summed E-state index contributed by atoms with van der Waals surface area (Å²) in [5.74, 6) is 1.10. The summed E-state index contributed by atoms with van der Waals surface area (Å²) >= 11 is 5.97. The molecule has 1 aliphatic heterocycles. The van der Waals surface area contributed by atoms with Gasteiger partial charge in [-0.05, 0) is 37.5 Å². The third-order valence-corrected chi connectivity index (χ3v) is 6.51. The highest BCUT2D eigenvalue weighted by molar-refractivity contribution is 7.89. The Morgan fingerprint density at radius 3 is 2.78 bits per heavy atom. The molecular weight excluding hydrogens is 336 g/mol. The average molecular weight is 357 g/mol. The first kappa shape index (κ1) is 16.7. The monoisotopic (exact) mass is 356 g/mol. The molecule has 0 spiro atoms. The van der Waals surface area contributed by atoms with Crippen LogP contribution in [0, 0.1) is 0 Å². The second-order valence-electron chi connectivity index (χ2n) is 6.01. The van der Waals surface area contributed by atoms with Crippen molar-refractivity contribution in [2.75, 3.05) is 18.8 Å². The van der Waals surface area contributed by atoms with E-state index < -0.39 is 10.0 Å². The van der Waals surface area contributed by atoms with Crippen molar-refractivity contribution in [3.05, 3.63) is 29.1 Å². The molecule has 126 valence electrons. The fourth-order valence-corrected chi connectivity index (χ4v) is 4.77. The highest BCUT2D eigenvalue weighted by atomic mass is 35.5. The summed E-state index contributed by atoms with van der Waals surface area (Å²) in [6, 6.07) is 5.38. The molecule has 7 heteroatoms. The molecule has 0 bridgehead atoms. The number of hydrogen-bond acceptors (Lipinski definition) is 4.